The van der Waals surface area contributed by atoms with E-state index in [9.17, 15) is 10.1 Å². The van der Waals surface area contributed by atoms with Crippen LogP contribution in [-0.2, 0) is 11.2 Å². The van der Waals surface area contributed by atoms with Gasteiger partial charge in [-0.25, -0.2) is 4.68 Å². The zero-order valence-electron chi connectivity index (χ0n) is 16.7. The third kappa shape index (κ3) is 4.51. The van der Waals surface area contributed by atoms with Crippen LogP contribution in [0.5, 0.6) is 0 Å². The van der Waals surface area contributed by atoms with Gasteiger partial charge in [0.25, 0.3) is 0 Å². The first-order valence-corrected chi connectivity index (χ1v) is 10.3. The first-order chi connectivity index (χ1) is 13.8. The van der Waals surface area contributed by atoms with E-state index in [2.05, 4.69) is 39.8 Å². The fraction of sp³-hybridized carbons (Fsp3) is 0.333. The summed E-state index contributed by atoms with van der Waals surface area (Å²) in [5.41, 5.74) is 0.200. The van der Waals surface area contributed by atoms with Gasteiger partial charge in [0, 0.05) is 6.42 Å². The Bertz CT molecular complexity index is 1070. The van der Waals surface area contributed by atoms with Gasteiger partial charge >= 0.3 is 0 Å². The fourth-order valence-corrected chi connectivity index (χ4v) is 3.58. The number of hydrogen-bond donors (Lipinski definition) is 2. The summed E-state index contributed by atoms with van der Waals surface area (Å²) in [5, 5.41) is 23.2. The van der Waals surface area contributed by atoms with Gasteiger partial charge in [-0.05, 0) is 29.2 Å². The van der Waals surface area contributed by atoms with Gasteiger partial charge in [-0.1, -0.05) is 68.1 Å². The van der Waals surface area contributed by atoms with Gasteiger partial charge in [0.15, 0.2) is 5.82 Å². The lowest BCUT2D eigenvalue weighted by molar-refractivity contribution is -0.120. The molecule has 1 heterocycles. The molecule has 3 aromatic rings. The molecule has 1 aromatic heterocycles. The van der Waals surface area contributed by atoms with Crippen LogP contribution in [0.1, 0.15) is 32.2 Å². The van der Waals surface area contributed by atoms with Crippen LogP contribution in [0.15, 0.2) is 47.6 Å². The Hall–Kier alpha value is -3.05. The van der Waals surface area contributed by atoms with Crippen LogP contribution >= 0.6 is 11.8 Å². The molecule has 8 heteroatoms. The molecule has 3 N–H and O–H groups in total. The number of carbonyl (C=O) groups excluding carboxylic acids is 1. The van der Waals surface area contributed by atoms with E-state index in [1.165, 1.54) is 16.4 Å². The lowest BCUT2D eigenvalue weighted by Gasteiger charge is -2.27. The Labute approximate surface area is 174 Å². The van der Waals surface area contributed by atoms with Crippen LogP contribution in [0.2, 0.25) is 0 Å². The summed E-state index contributed by atoms with van der Waals surface area (Å²) < 4.78 is 1.42. The zero-order valence-corrected chi connectivity index (χ0v) is 17.5. The number of aromatic nitrogens is 3. The maximum atomic E-state index is 12.3. The predicted octanol–water partition coefficient (Wildman–Crippen LogP) is 2.88. The Morgan fingerprint density at radius 1 is 1.28 bits per heavy atom. The normalized spacial score (nSPS) is 13.2. The second-order valence-electron chi connectivity index (χ2n) is 7.39. The van der Waals surface area contributed by atoms with Gasteiger partial charge in [-0.2, -0.15) is 5.26 Å². The standard InChI is InChI=1S/C21H24N6OS/c1-14(2)21(3,13-22)24-19(28)12-29-20-26-25-18(27(20)23)11-16-9-6-8-15-7-4-5-10-17(15)16/h4-10,14H,11-12,23H2,1-3H3,(H,24,28)/t21-/m1/s1. The molecule has 150 valence electrons. The smallest absolute Gasteiger partial charge is 0.231 e. The van der Waals surface area contributed by atoms with Gasteiger partial charge in [0.05, 0.1) is 11.8 Å². The number of fused-ring (bicyclic) bond motifs is 1. The van der Waals surface area contributed by atoms with Crippen LogP contribution in [-0.4, -0.2) is 32.1 Å². The van der Waals surface area contributed by atoms with E-state index in [4.69, 9.17) is 5.84 Å². The number of nitrogens with two attached hydrogens (primary N) is 1. The molecular weight excluding hydrogens is 384 g/mol. The number of benzene rings is 2. The monoisotopic (exact) mass is 408 g/mol. The van der Waals surface area contributed by atoms with Gasteiger partial charge in [-0.3, -0.25) is 4.79 Å². The minimum absolute atomic E-state index is 0.00749. The fourth-order valence-electron chi connectivity index (χ4n) is 2.90. The average Bonchev–Trinajstić information content (AvgIpc) is 3.06. The lowest BCUT2D eigenvalue weighted by Crippen LogP contribution is -2.49. The molecule has 0 fully saturated rings. The van der Waals surface area contributed by atoms with Crippen molar-refractivity contribution in [3.8, 4) is 6.07 Å². The number of rotatable bonds is 7. The average molecular weight is 409 g/mol. The van der Waals surface area contributed by atoms with Crippen molar-refractivity contribution < 1.29 is 4.79 Å². The largest absolute Gasteiger partial charge is 0.337 e. The van der Waals surface area contributed by atoms with Crippen molar-refractivity contribution in [3.63, 3.8) is 0 Å². The Balaban J connectivity index is 1.68. The second-order valence-corrected chi connectivity index (χ2v) is 8.33. The van der Waals surface area contributed by atoms with Gasteiger partial charge in [0.2, 0.25) is 11.1 Å². The first kappa shape index (κ1) is 20.7. The van der Waals surface area contributed by atoms with E-state index < -0.39 is 5.54 Å². The minimum Gasteiger partial charge on any atom is -0.337 e. The molecule has 1 amide bonds. The van der Waals surface area contributed by atoms with Crippen LogP contribution in [0.4, 0.5) is 0 Å². The zero-order chi connectivity index (χ0) is 21.0. The molecule has 0 saturated heterocycles. The van der Waals surface area contributed by atoms with Crippen molar-refractivity contribution in [2.24, 2.45) is 5.92 Å². The number of nitriles is 1. The number of carbonyl (C=O) groups is 1. The van der Waals surface area contributed by atoms with E-state index in [1.54, 1.807) is 6.92 Å². The highest BCUT2D eigenvalue weighted by Gasteiger charge is 2.30. The van der Waals surface area contributed by atoms with Crippen molar-refractivity contribution in [3.05, 3.63) is 53.9 Å². The molecule has 0 radical (unpaired) electrons. The van der Waals surface area contributed by atoms with Crippen molar-refractivity contribution in [1.29, 1.82) is 5.26 Å². The van der Waals surface area contributed by atoms with E-state index in [1.807, 2.05) is 38.1 Å². The number of hydrogen-bond acceptors (Lipinski definition) is 6. The SMILES string of the molecule is CC(C)[C@@](C)(C#N)NC(=O)CSc1nnc(Cc2cccc3ccccc23)n1N. The molecule has 3 rings (SSSR count). The summed E-state index contributed by atoms with van der Waals surface area (Å²) in [4.78, 5) is 12.3. The van der Waals surface area contributed by atoms with Crippen LogP contribution in [0, 0.1) is 17.2 Å². The molecule has 0 unspecified atom stereocenters. The number of nitrogens with zero attached hydrogens (tertiary/aromatic N) is 4. The molecule has 0 aliphatic rings. The lowest BCUT2D eigenvalue weighted by atomic mass is 9.90. The van der Waals surface area contributed by atoms with E-state index in [-0.39, 0.29) is 17.6 Å². The highest BCUT2D eigenvalue weighted by molar-refractivity contribution is 7.99. The predicted molar refractivity (Wildman–Crippen MR) is 115 cm³/mol. The molecule has 2 aromatic carbocycles. The van der Waals surface area contributed by atoms with Gasteiger partial charge in [-0.15, -0.1) is 10.2 Å². The molecule has 29 heavy (non-hydrogen) atoms. The molecule has 0 aliphatic carbocycles. The van der Waals surface area contributed by atoms with E-state index >= 15 is 0 Å². The van der Waals surface area contributed by atoms with E-state index in [0.717, 1.165) is 16.3 Å². The summed E-state index contributed by atoms with van der Waals surface area (Å²) in [7, 11) is 0. The third-order valence-electron chi connectivity index (χ3n) is 5.08. The van der Waals surface area contributed by atoms with Crippen molar-refractivity contribution >= 4 is 28.4 Å². The highest BCUT2D eigenvalue weighted by atomic mass is 32.2. The first-order valence-electron chi connectivity index (χ1n) is 9.35. The van der Waals surface area contributed by atoms with Crippen molar-refractivity contribution in [2.75, 3.05) is 11.6 Å². The summed E-state index contributed by atoms with van der Waals surface area (Å²) in [5.74, 6) is 6.64. The van der Waals surface area contributed by atoms with Crippen LogP contribution in [0.3, 0.4) is 0 Å². The van der Waals surface area contributed by atoms with Crippen molar-refractivity contribution in [2.45, 2.75) is 37.9 Å². The third-order valence-corrected chi connectivity index (χ3v) is 6.03. The number of amides is 1. The Kier molecular flexibility index (Phi) is 6.09. The maximum absolute atomic E-state index is 12.3. The minimum atomic E-state index is -0.909. The summed E-state index contributed by atoms with van der Waals surface area (Å²) in [6, 6.07) is 16.4. The molecule has 0 aliphatic heterocycles. The molecule has 0 saturated carbocycles. The number of nitrogens with one attached hydrogen (secondary N) is 1. The summed E-state index contributed by atoms with van der Waals surface area (Å²) in [6.45, 7) is 5.51. The quantitative estimate of drug-likeness (QED) is 0.459. The van der Waals surface area contributed by atoms with Gasteiger partial charge < -0.3 is 11.2 Å². The molecule has 0 spiro atoms. The summed E-state index contributed by atoms with van der Waals surface area (Å²) >= 11 is 1.20. The van der Waals surface area contributed by atoms with Crippen LogP contribution in [0.25, 0.3) is 10.8 Å². The summed E-state index contributed by atoms with van der Waals surface area (Å²) in [6.07, 6.45) is 0.539. The highest BCUT2D eigenvalue weighted by Crippen LogP contribution is 2.22. The van der Waals surface area contributed by atoms with Gasteiger partial charge in [0.1, 0.15) is 5.54 Å². The number of thioether (sulfide) groups is 1. The number of nitrogen functional groups attached to an aromatic ring is 1. The molecular formula is C21H24N6OS. The topological polar surface area (TPSA) is 110 Å². The molecule has 7 nitrogen and oxygen atoms in total. The van der Waals surface area contributed by atoms with Crippen molar-refractivity contribution in [1.82, 2.24) is 20.2 Å². The Morgan fingerprint density at radius 2 is 2.00 bits per heavy atom. The molecule has 0 bridgehead atoms. The second kappa shape index (κ2) is 8.53. The van der Waals surface area contributed by atoms with Crippen LogP contribution < -0.4 is 11.2 Å². The Morgan fingerprint density at radius 3 is 2.72 bits per heavy atom. The van der Waals surface area contributed by atoms with E-state index in [0.29, 0.717) is 17.4 Å². The molecule has 1 atom stereocenters. The maximum Gasteiger partial charge on any atom is 0.231 e.